The Balaban J connectivity index is 2.01. The molecule has 1 aliphatic rings. The quantitative estimate of drug-likeness (QED) is 0.789. The molecule has 0 spiro atoms. The van der Waals surface area contributed by atoms with Gasteiger partial charge in [0.15, 0.2) is 0 Å². The Bertz CT molecular complexity index is 384. The van der Waals surface area contributed by atoms with Crippen molar-refractivity contribution >= 4 is 0 Å². The monoisotopic (exact) mass is 264 g/mol. The van der Waals surface area contributed by atoms with E-state index < -0.39 is 0 Å². The Kier molecular flexibility index (Phi) is 5.63. The molecule has 0 amide bonds. The van der Waals surface area contributed by atoms with E-state index in [0.29, 0.717) is 12.1 Å². The van der Waals surface area contributed by atoms with E-state index >= 15 is 0 Å². The van der Waals surface area contributed by atoms with Crippen LogP contribution in [0.25, 0.3) is 0 Å². The smallest absolute Gasteiger partial charge is 0.124 e. The number of benzene rings is 1. The van der Waals surface area contributed by atoms with E-state index in [0.717, 1.165) is 44.8 Å². The fourth-order valence-corrected chi connectivity index (χ4v) is 2.58. The predicted molar refractivity (Wildman–Crippen MR) is 76.4 cm³/mol. The molecule has 0 saturated heterocycles. The van der Waals surface area contributed by atoms with Crippen molar-refractivity contribution in [1.82, 2.24) is 5.32 Å². The average molecular weight is 264 g/mol. The van der Waals surface area contributed by atoms with E-state index in [4.69, 9.17) is 15.2 Å². The van der Waals surface area contributed by atoms with E-state index in [1.165, 1.54) is 5.56 Å². The Morgan fingerprint density at radius 3 is 3.11 bits per heavy atom. The molecule has 0 saturated carbocycles. The van der Waals surface area contributed by atoms with Gasteiger partial charge in [0.05, 0.1) is 13.2 Å². The van der Waals surface area contributed by atoms with Crippen molar-refractivity contribution in [1.29, 1.82) is 0 Å². The molecule has 1 aliphatic heterocycles. The molecule has 0 aliphatic carbocycles. The summed E-state index contributed by atoms with van der Waals surface area (Å²) in [6.45, 7) is 2.22. The van der Waals surface area contributed by atoms with Gasteiger partial charge in [0.1, 0.15) is 5.75 Å². The first-order valence-electron chi connectivity index (χ1n) is 7.02. The molecule has 2 atom stereocenters. The van der Waals surface area contributed by atoms with Crippen LogP contribution >= 0.6 is 0 Å². The molecule has 0 bridgehead atoms. The summed E-state index contributed by atoms with van der Waals surface area (Å²) in [6.07, 6.45) is 3.07. The molecule has 1 aromatic carbocycles. The lowest BCUT2D eigenvalue weighted by Gasteiger charge is -2.30. The third-order valence-corrected chi connectivity index (χ3v) is 3.52. The number of para-hydroxylation sites is 1. The van der Waals surface area contributed by atoms with Crippen molar-refractivity contribution in [2.45, 2.75) is 31.3 Å². The number of hydrogen-bond acceptors (Lipinski definition) is 4. The largest absolute Gasteiger partial charge is 0.493 e. The Morgan fingerprint density at radius 2 is 2.32 bits per heavy atom. The zero-order chi connectivity index (χ0) is 13.5. The van der Waals surface area contributed by atoms with Crippen LogP contribution in [0.5, 0.6) is 5.75 Å². The van der Waals surface area contributed by atoms with E-state index in [-0.39, 0.29) is 0 Å². The highest BCUT2D eigenvalue weighted by atomic mass is 16.5. The van der Waals surface area contributed by atoms with Crippen molar-refractivity contribution in [2.75, 3.05) is 26.9 Å². The summed E-state index contributed by atoms with van der Waals surface area (Å²) < 4.78 is 11.0. The van der Waals surface area contributed by atoms with Gasteiger partial charge in [0.2, 0.25) is 0 Å². The van der Waals surface area contributed by atoms with Crippen LogP contribution in [0.3, 0.4) is 0 Å². The van der Waals surface area contributed by atoms with E-state index in [1.807, 2.05) is 12.1 Å². The summed E-state index contributed by atoms with van der Waals surface area (Å²) in [5.74, 6) is 1.00. The second-order valence-electron chi connectivity index (χ2n) is 4.98. The van der Waals surface area contributed by atoms with Crippen LogP contribution in [-0.2, 0) is 4.74 Å². The van der Waals surface area contributed by atoms with Crippen LogP contribution in [0.2, 0.25) is 0 Å². The van der Waals surface area contributed by atoms with Crippen molar-refractivity contribution in [3.8, 4) is 5.75 Å². The van der Waals surface area contributed by atoms with E-state index in [2.05, 4.69) is 17.4 Å². The number of fused-ring (bicyclic) bond motifs is 1. The van der Waals surface area contributed by atoms with Crippen molar-refractivity contribution in [3.63, 3.8) is 0 Å². The molecule has 2 unspecified atom stereocenters. The molecule has 106 valence electrons. The molecule has 3 N–H and O–H groups in total. The first kappa shape index (κ1) is 14.3. The van der Waals surface area contributed by atoms with Gasteiger partial charge in [-0.1, -0.05) is 18.2 Å². The van der Waals surface area contributed by atoms with Crippen LogP contribution in [-0.4, -0.2) is 32.9 Å². The van der Waals surface area contributed by atoms with Crippen LogP contribution < -0.4 is 15.8 Å². The summed E-state index contributed by atoms with van der Waals surface area (Å²) in [5.41, 5.74) is 6.85. The predicted octanol–water partition coefficient (Wildman–Crippen LogP) is 1.85. The first-order chi connectivity index (χ1) is 9.35. The zero-order valence-corrected chi connectivity index (χ0v) is 11.6. The second kappa shape index (κ2) is 7.48. The number of nitrogens with one attached hydrogen (secondary N) is 1. The van der Waals surface area contributed by atoms with Crippen molar-refractivity contribution < 1.29 is 9.47 Å². The number of rotatable bonds is 7. The molecule has 4 nitrogen and oxygen atoms in total. The Labute approximate surface area is 115 Å². The van der Waals surface area contributed by atoms with Crippen LogP contribution in [0.1, 0.15) is 30.9 Å². The molecule has 0 fully saturated rings. The van der Waals surface area contributed by atoms with Crippen molar-refractivity contribution in [3.05, 3.63) is 29.8 Å². The summed E-state index contributed by atoms with van der Waals surface area (Å²) >= 11 is 0. The van der Waals surface area contributed by atoms with Crippen LogP contribution in [0.15, 0.2) is 24.3 Å². The SMILES string of the molecule is COCC(CCCN)NC1CCOc2ccccc21. The molecular formula is C15H24N2O2. The first-order valence-corrected chi connectivity index (χ1v) is 7.02. The van der Waals surface area contributed by atoms with Crippen molar-refractivity contribution in [2.24, 2.45) is 5.73 Å². The van der Waals surface area contributed by atoms with E-state index in [9.17, 15) is 0 Å². The molecule has 0 aromatic heterocycles. The number of methoxy groups -OCH3 is 1. The number of hydrogen-bond donors (Lipinski definition) is 2. The summed E-state index contributed by atoms with van der Waals surface area (Å²) in [5, 5.41) is 3.69. The maximum Gasteiger partial charge on any atom is 0.124 e. The molecule has 0 radical (unpaired) electrons. The van der Waals surface area contributed by atoms with Gasteiger partial charge < -0.3 is 20.5 Å². The van der Waals surface area contributed by atoms with Crippen LogP contribution in [0, 0.1) is 0 Å². The highest BCUT2D eigenvalue weighted by molar-refractivity contribution is 5.37. The highest BCUT2D eigenvalue weighted by Crippen LogP contribution is 2.31. The normalized spacial score (nSPS) is 19.6. The van der Waals surface area contributed by atoms with Gasteiger partial charge in [-0.15, -0.1) is 0 Å². The van der Waals surface area contributed by atoms with Gasteiger partial charge in [-0.2, -0.15) is 0 Å². The molecule has 19 heavy (non-hydrogen) atoms. The average Bonchev–Trinajstić information content (AvgIpc) is 2.45. The summed E-state index contributed by atoms with van der Waals surface area (Å²) in [6, 6.07) is 8.95. The third-order valence-electron chi connectivity index (χ3n) is 3.52. The minimum atomic E-state index is 0.350. The maximum atomic E-state index is 5.69. The highest BCUT2D eigenvalue weighted by Gasteiger charge is 2.23. The van der Waals surface area contributed by atoms with Crippen LogP contribution in [0.4, 0.5) is 0 Å². The zero-order valence-electron chi connectivity index (χ0n) is 11.6. The summed E-state index contributed by atoms with van der Waals surface area (Å²) in [4.78, 5) is 0. The van der Waals surface area contributed by atoms with Gasteiger partial charge in [-0.3, -0.25) is 0 Å². The fourth-order valence-electron chi connectivity index (χ4n) is 2.58. The standard InChI is InChI=1S/C15H24N2O2/c1-18-11-12(5-4-9-16)17-14-8-10-19-15-7-3-2-6-13(14)15/h2-3,6-7,12,14,17H,4-5,8-11,16H2,1H3. The Morgan fingerprint density at radius 1 is 1.47 bits per heavy atom. The van der Waals surface area contributed by atoms with Gasteiger partial charge in [0.25, 0.3) is 0 Å². The molecular weight excluding hydrogens is 240 g/mol. The lowest BCUT2D eigenvalue weighted by atomic mass is 9.99. The number of nitrogens with two attached hydrogens (primary N) is 1. The third kappa shape index (κ3) is 3.93. The lowest BCUT2D eigenvalue weighted by Crippen LogP contribution is -2.38. The van der Waals surface area contributed by atoms with Gasteiger partial charge in [-0.05, 0) is 25.5 Å². The van der Waals surface area contributed by atoms with E-state index in [1.54, 1.807) is 7.11 Å². The van der Waals surface area contributed by atoms with Gasteiger partial charge in [0, 0.05) is 31.2 Å². The second-order valence-corrected chi connectivity index (χ2v) is 4.98. The molecule has 1 heterocycles. The minimum Gasteiger partial charge on any atom is -0.493 e. The molecule has 4 heteroatoms. The molecule has 2 rings (SSSR count). The maximum absolute atomic E-state index is 5.69. The Hall–Kier alpha value is -1.10. The minimum absolute atomic E-state index is 0.350. The topological polar surface area (TPSA) is 56.5 Å². The van der Waals surface area contributed by atoms with Gasteiger partial charge in [-0.25, -0.2) is 0 Å². The number of ether oxygens (including phenoxy) is 2. The summed E-state index contributed by atoms with van der Waals surface area (Å²) in [7, 11) is 1.75. The lowest BCUT2D eigenvalue weighted by molar-refractivity contribution is 0.147. The molecule has 1 aromatic rings. The fraction of sp³-hybridized carbons (Fsp3) is 0.600. The van der Waals surface area contributed by atoms with Gasteiger partial charge >= 0.3 is 0 Å².